The van der Waals surface area contributed by atoms with Crippen molar-refractivity contribution < 1.29 is 9.30 Å². The maximum absolute atomic E-state index is 12.9. The Balaban J connectivity index is 1.31. The lowest BCUT2D eigenvalue weighted by Crippen LogP contribution is -2.52. The minimum Gasteiger partial charge on any atom is -0.494 e. The number of anilines is 5. The highest BCUT2D eigenvalue weighted by atomic mass is 79.9. The number of hydrogen-bond donors (Lipinski definition) is 2. The number of hydrogen-bond acceptors (Lipinski definition) is 9. The fraction of sp³-hybridized carbons (Fsp3) is 0.448. The summed E-state index contributed by atoms with van der Waals surface area (Å²) in [5.41, 5.74) is 2.29. The SMILES string of the molecule is COc1cc(N2CCC(N3CCN(C)CC3)CC2)c(Cl)cc1Nc1ncc(Br)c(Nc2ccc(Cl)cc2P(C)(C)=O)n1. The van der Waals surface area contributed by atoms with Gasteiger partial charge in [0.1, 0.15) is 18.7 Å². The van der Waals surface area contributed by atoms with Crippen molar-refractivity contribution in [3.05, 3.63) is 51.0 Å². The first-order valence-corrected chi connectivity index (χ1v) is 18.1. The van der Waals surface area contributed by atoms with Gasteiger partial charge in [-0.15, -0.1) is 0 Å². The van der Waals surface area contributed by atoms with Crippen molar-refractivity contribution in [2.45, 2.75) is 18.9 Å². The molecule has 0 bridgehead atoms. The maximum Gasteiger partial charge on any atom is 0.229 e. The number of piperidine rings is 1. The summed E-state index contributed by atoms with van der Waals surface area (Å²) < 4.78 is 19.3. The van der Waals surface area contributed by atoms with Crippen molar-refractivity contribution in [2.75, 3.05) is 82.3 Å². The van der Waals surface area contributed by atoms with Crippen molar-refractivity contribution in [3.8, 4) is 5.75 Å². The molecule has 9 nitrogen and oxygen atoms in total. The number of rotatable bonds is 8. The van der Waals surface area contributed by atoms with E-state index in [-0.39, 0.29) is 0 Å². The van der Waals surface area contributed by atoms with Crippen LogP contribution in [0.3, 0.4) is 0 Å². The minimum absolute atomic E-state index is 0.350. The molecule has 2 saturated heterocycles. The van der Waals surface area contributed by atoms with Gasteiger partial charge in [-0.25, -0.2) is 4.98 Å². The van der Waals surface area contributed by atoms with Gasteiger partial charge in [0.25, 0.3) is 0 Å². The third-order valence-corrected chi connectivity index (χ3v) is 10.6. The molecule has 0 atom stereocenters. The molecule has 0 radical (unpaired) electrons. The first-order chi connectivity index (χ1) is 20.0. The topological polar surface area (TPSA) is 85.9 Å². The molecule has 0 saturated carbocycles. The number of aromatic nitrogens is 2. The Kier molecular flexibility index (Phi) is 9.92. The van der Waals surface area contributed by atoms with Gasteiger partial charge in [-0.05, 0) is 73.4 Å². The smallest absolute Gasteiger partial charge is 0.229 e. The highest BCUT2D eigenvalue weighted by molar-refractivity contribution is 9.10. The molecule has 3 heterocycles. The van der Waals surface area contributed by atoms with E-state index in [4.69, 9.17) is 27.9 Å². The number of piperazine rings is 1. The lowest BCUT2D eigenvalue weighted by atomic mass is 10.0. The molecule has 0 aliphatic carbocycles. The molecule has 2 fully saturated rings. The zero-order valence-electron chi connectivity index (χ0n) is 24.3. The Morgan fingerprint density at radius 1 is 1.00 bits per heavy atom. The van der Waals surface area contributed by atoms with Crippen molar-refractivity contribution in [1.82, 2.24) is 19.8 Å². The molecule has 2 N–H and O–H groups in total. The fourth-order valence-electron chi connectivity index (χ4n) is 5.53. The van der Waals surface area contributed by atoms with Gasteiger partial charge in [-0.2, -0.15) is 4.98 Å². The van der Waals surface area contributed by atoms with E-state index >= 15 is 0 Å². The van der Waals surface area contributed by atoms with Crippen LogP contribution in [-0.2, 0) is 4.57 Å². The van der Waals surface area contributed by atoms with Gasteiger partial charge in [0.05, 0.1) is 33.7 Å². The summed E-state index contributed by atoms with van der Waals surface area (Å²) in [5.74, 6) is 1.51. The molecule has 0 unspecified atom stereocenters. The molecule has 42 heavy (non-hydrogen) atoms. The van der Waals surface area contributed by atoms with Crippen LogP contribution in [0, 0.1) is 0 Å². The zero-order valence-corrected chi connectivity index (χ0v) is 28.3. The predicted octanol–water partition coefficient (Wildman–Crippen LogP) is 6.51. The van der Waals surface area contributed by atoms with Crippen LogP contribution in [0.1, 0.15) is 12.8 Å². The van der Waals surface area contributed by atoms with E-state index in [2.05, 4.69) is 58.3 Å². The van der Waals surface area contributed by atoms with E-state index in [1.54, 1.807) is 44.8 Å². The lowest BCUT2D eigenvalue weighted by molar-refractivity contribution is 0.0982. The van der Waals surface area contributed by atoms with Gasteiger partial charge >= 0.3 is 0 Å². The van der Waals surface area contributed by atoms with Crippen LogP contribution >= 0.6 is 46.3 Å². The van der Waals surface area contributed by atoms with Crippen molar-refractivity contribution >= 4 is 80.4 Å². The lowest BCUT2D eigenvalue weighted by Gasteiger charge is -2.42. The Bertz CT molecular complexity index is 1470. The van der Waals surface area contributed by atoms with Crippen LogP contribution < -0.4 is 25.6 Å². The number of benzene rings is 2. The normalized spacial score (nSPS) is 17.4. The Morgan fingerprint density at radius 2 is 1.71 bits per heavy atom. The number of nitrogens with zero attached hydrogens (tertiary/aromatic N) is 5. The average Bonchev–Trinajstić information content (AvgIpc) is 2.96. The average molecular weight is 697 g/mol. The van der Waals surface area contributed by atoms with E-state index in [1.165, 1.54) is 0 Å². The van der Waals surface area contributed by atoms with Crippen LogP contribution in [0.25, 0.3) is 0 Å². The summed E-state index contributed by atoms with van der Waals surface area (Å²) in [6, 6.07) is 9.75. The summed E-state index contributed by atoms with van der Waals surface area (Å²) in [6.45, 7) is 9.88. The summed E-state index contributed by atoms with van der Waals surface area (Å²) in [4.78, 5) is 16.5. The quantitative estimate of drug-likeness (QED) is 0.256. The molecule has 5 rings (SSSR count). The molecule has 1 aromatic heterocycles. The molecular formula is C29H37BrCl2N7O2P. The van der Waals surface area contributed by atoms with Crippen LogP contribution in [-0.4, -0.2) is 92.6 Å². The Morgan fingerprint density at radius 3 is 2.38 bits per heavy atom. The Hall–Kier alpha value is -2.07. The second-order valence-corrected chi connectivity index (χ2v) is 16.1. The summed E-state index contributed by atoms with van der Waals surface area (Å²) in [7, 11) is 1.23. The molecule has 0 amide bonds. The number of halogens is 3. The van der Waals surface area contributed by atoms with Gasteiger partial charge in [0, 0.05) is 67.9 Å². The third kappa shape index (κ3) is 7.34. The highest BCUT2D eigenvalue weighted by Gasteiger charge is 2.28. The summed E-state index contributed by atoms with van der Waals surface area (Å²) in [6.07, 6.45) is 3.88. The first kappa shape index (κ1) is 31.4. The fourth-order valence-corrected chi connectivity index (χ4v) is 7.51. The Labute approximate surface area is 266 Å². The van der Waals surface area contributed by atoms with Crippen LogP contribution in [0.15, 0.2) is 41.0 Å². The summed E-state index contributed by atoms with van der Waals surface area (Å²) in [5, 5.41) is 8.35. The second kappa shape index (κ2) is 13.3. The molecule has 226 valence electrons. The van der Waals surface area contributed by atoms with Gasteiger partial charge in [-0.3, -0.25) is 4.90 Å². The van der Waals surface area contributed by atoms with Crippen molar-refractivity contribution in [2.24, 2.45) is 0 Å². The van der Waals surface area contributed by atoms with Crippen LogP contribution in [0.4, 0.5) is 28.8 Å². The third-order valence-electron chi connectivity index (χ3n) is 7.91. The minimum atomic E-state index is -2.61. The number of nitrogens with one attached hydrogen (secondary N) is 2. The monoisotopic (exact) mass is 695 g/mol. The number of likely N-dealkylation sites (N-methyl/N-ethyl adjacent to an activating group) is 1. The highest BCUT2D eigenvalue weighted by Crippen LogP contribution is 2.41. The maximum atomic E-state index is 12.9. The predicted molar refractivity (Wildman–Crippen MR) is 179 cm³/mol. The molecule has 2 aliphatic rings. The van der Waals surface area contributed by atoms with Gasteiger partial charge in [0.15, 0.2) is 0 Å². The van der Waals surface area contributed by atoms with Gasteiger partial charge in [0.2, 0.25) is 5.95 Å². The van der Waals surface area contributed by atoms with Crippen molar-refractivity contribution in [1.29, 1.82) is 0 Å². The zero-order chi connectivity index (χ0) is 30.0. The van der Waals surface area contributed by atoms with E-state index in [0.29, 0.717) is 54.8 Å². The molecule has 2 aromatic carbocycles. The van der Waals surface area contributed by atoms with Gasteiger partial charge in [-0.1, -0.05) is 23.2 Å². The molecule has 13 heteroatoms. The van der Waals surface area contributed by atoms with Crippen LogP contribution in [0.2, 0.25) is 10.0 Å². The standard InChI is InChI=1S/C29H37BrCl2N7O2P/c1-37-11-13-38(14-12-37)20-7-9-39(10-8-20)25-17-26(41-2)24(16-22(25)32)35-29-33-18-21(30)28(36-29)34-23-6-5-19(31)15-27(23)42(3,4)40/h5-6,15-18,20H,7-14H2,1-4H3,(H2,33,34,35,36). The van der Waals surface area contributed by atoms with Crippen molar-refractivity contribution in [3.63, 3.8) is 0 Å². The van der Waals surface area contributed by atoms with E-state index in [9.17, 15) is 4.57 Å². The largest absolute Gasteiger partial charge is 0.494 e. The molecule has 2 aliphatic heterocycles. The van der Waals surface area contributed by atoms with E-state index < -0.39 is 7.14 Å². The molecule has 3 aromatic rings. The number of methoxy groups -OCH3 is 1. The number of ether oxygens (including phenoxy) is 1. The van der Waals surface area contributed by atoms with Crippen LogP contribution in [0.5, 0.6) is 5.75 Å². The van der Waals surface area contributed by atoms with E-state index in [1.807, 2.05) is 12.1 Å². The molecular weight excluding hydrogens is 660 g/mol. The first-order valence-electron chi connectivity index (χ1n) is 14.0. The van der Waals surface area contributed by atoms with Gasteiger partial charge < -0.3 is 29.7 Å². The van der Waals surface area contributed by atoms with E-state index in [0.717, 1.165) is 57.8 Å². The second-order valence-electron chi connectivity index (χ2n) is 11.2. The molecule has 0 spiro atoms. The summed E-state index contributed by atoms with van der Waals surface area (Å²) >= 11 is 16.6.